The van der Waals surface area contributed by atoms with Gasteiger partial charge in [-0.3, -0.25) is 4.79 Å². The largest absolute Gasteiger partial charge is 0.479 e. The number of methoxy groups -OCH3 is 1. The average Bonchev–Trinajstić information content (AvgIpc) is 2.65. The molecule has 0 radical (unpaired) electrons. The van der Waals surface area contributed by atoms with Crippen molar-refractivity contribution >= 4 is 11.9 Å². The van der Waals surface area contributed by atoms with Crippen molar-refractivity contribution in [3.05, 3.63) is 17.5 Å². The number of rotatable bonds is 5. The molecule has 1 amide bonds. The standard InChI is InChI=1S/C10H14N2O5/c1-6-4-7(17-12-6)8(13)11-10(2,5-16-3)9(14)15/h4H,5H2,1-3H3,(H,11,13)(H,14,15). The van der Waals surface area contributed by atoms with Crippen molar-refractivity contribution in [3.63, 3.8) is 0 Å². The number of aliphatic carboxylic acids is 1. The second kappa shape index (κ2) is 4.96. The highest BCUT2D eigenvalue weighted by atomic mass is 16.5. The van der Waals surface area contributed by atoms with Crippen molar-refractivity contribution in [3.8, 4) is 0 Å². The molecular formula is C10H14N2O5. The number of aromatic nitrogens is 1. The minimum atomic E-state index is -1.51. The van der Waals surface area contributed by atoms with Gasteiger partial charge in [-0.2, -0.15) is 0 Å². The Morgan fingerprint density at radius 3 is 2.71 bits per heavy atom. The summed E-state index contributed by atoms with van der Waals surface area (Å²) in [4.78, 5) is 22.7. The Morgan fingerprint density at radius 2 is 2.29 bits per heavy atom. The smallest absolute Gasteiger partial charge is 0.331 e. The van der Waals surface area contributed by atoms with Crippen LogP contribution in [0.1, 0.15) is 23.2 Å². The molecule has 0 saturated carbocycles. The summed E-state index contributed by atoms with van der Waals surface area (Å²) in [7, 11) is 1.35. The van der Waals surface area contributed by atoms with Crippen LogP contribution in [0.15, 0.2) is 10.6 Å². The number of carboxylic acids is 1. The topological polar surface area (TPSA) is 102 Å². The maximum atomic E-state index is 11.7. The van der Waals surface area contributed by atoms with Crippen LogP contribution < -0.4 is 5.32 Å². The Kier molecular flexibility index (Phi) is 3.84. The Hall–Kier alpha value is -1.89. The van der Waals surface area contributed by atoms with E-state index in [-0.39, 0.29) is 12.4 Å². The molecule has 2 N–H and O–H groups in total. The third-order valence-electron chi connectivity index (χ3n) is 2.15. The van der Waals surface area contributed by atoms with Crippen molar-refractivity contribution in [2.24, 2.45) is 0 Å². The maximum Gasteiger partial charge on any atom is 0.331 e. The SMILES string of the molecule is COCC(C)(NC(=O)c1cc(C)no1)C(=O)O. The van der Waals surface area contributed by atoms with Crippen LogP contribution in [0.5, 0.6) is 0 Å². The number of carbonyl (C=O) groups is 2. The van der Waals surface area contributed by atoms with E-state index in [0.29, 0.717) is 5.69 Å². The van der Waals surface area contributed by atoms with Crippen LogP contribution in [0, 0.1) is 6.92 Å². The molecule has 7 nitrogen and oxygen atoms in total. The molecule has 0 bridgehead atoms. The molecule has 0 saturated heterocycles. The van der Waals surface area contributed by atoms with E-state index in [1.54, 1.807) is 6.92 Å². The fraction of sp³-hybridized carbons (Fsp3) is 0.500. The van der Waals surface area contributed by atoms with Crippen molar-refractivity contribution in [1.82, 2.24) is 10.5 Å². The second-order valence-electron chi connectivity index (χ2n) is 3.86. The van der Waals surface area contributed by atoms with Gasteiger partial charge in [0.2, 0.25) is 5.76 Å². The molecule has 1 atom stereocenters. The van der Waals surface area contributed by atoms with Gasteiger partial charge in [-0.05, 0) is 13.8 Å². The third-order valence-corrected chi connectivity index (χ3v) is 2.15. The van der Waals surface area contributed by atoms with E-state index < -0.39 is 17.4 Å². The Labute approximate surface area is 97.7 Å². The zero-order chi connectivity index (χ0) is 13.1. The Bertz CT molecular complexity index is 428. The lowest BCUT2D eigenvalue weighted by molar-refractivity contribution is -0.145. The summed E-state index contributed by atoms with van der Waals surface area (Å²) in [6.45, 7) is 2.85. The molecular weight excluding hydrogens is 228 g/mol. The molecule has 0 aromatic carbocycles. The lowest BCUT2D eigenvalue weighted by Crippen LogP contribution is -2.55. The zero-order valence-corrected chi connectivity index (χ0v) is 9.81. The highest BCUT2D eigenvalue weighted by molar-refractivity contribution is 5.95. The average molecular weight is 242 g/mol. The number of hydrogen-bond donors (Lipinski definition) is 2. The summed E-state index contributed by atoms with van der Waals surface area (Å²) in [5.41, 5.74) is -0.967. The number of carbonyl (C=O) groups excluding carboxylic acids is 1. The predicted octanol–water partition coefficient (Wildman–Crippen LogP) is 0.203. The highest BCUT2D eigenvalue weighted by Crippen LogP contribution is 2.08. The van der Waals surface area contributed by atoms with Crippen LogP contribution in [-0.4, -0.2) is 41.4 Å². The van der Waals surface area contributed by atoms with Gasteiger partial charge in [-0.25, -0.2) is 4.79 Å². The van der Waals surface area contributed by atoms with Gasteiger partial charge >= 0.3 is 5.97 Å². The van der Waals surface area contributed by atoms with E-state index in [4.69, 9.17) is 14.4 Å². The summed E-state index contributed by atoms with van der Waals surface area (Å²) >= 11 is 0. The van der Waals surface area contributed by atoms with Gasteiger partial charge < -0.3 is 19.7 Å². The van der Waals surface area contributed by atoms with E-state index in [1.165, 1.54) is 20.1 Å². The number of ether oxygens (including phenoxy) is 1. The van der Waals surface area contributed by atoms with Gasteiger partial charge in [-0.15, -0.1) is 0 Å². The molecule has 17 heavy (non-hydrogen) atoms. The quantitative estimate of drug-likeness (QED) is 0.764. The third kappa shape index (κ3) is 3.04. The van der Waals surface area contributed by atoms with E-state index in [2.05, 4.69) is 10.5 Å². The normalized spacial score (nSPS) is 14.1. The fourth-order valence-corrected chi connectivity index (χ4v) is 1.22. The predicted molar refractivity (Wildman–Crippen MR) is 56.6 cm³/mol. The molecule has 0 fully saturated rings. The molecule has 0 spiro atoms. The minimum absolute atomic E-state index is 0.0360. The fourth-order valence-electron chi connectivity index (χ4n) is 1.22. The van der Waals surface area contributed by atoms with Gasteiger partial charge in [0.1, 0.15) is 0 Å². The number of carboxylic acid groups (broad SMARTS) is 1. The summed E-state index contributed by atoms with van der Waals surface area (Å²) in [5, 5.41) is 14.9. The van der Waals surface area contributed by atoms with Crippen molar-refractivity contribution in [2.45, 2.75) is 19.4 Å². The number of nitrogens with zero attached hydrogens (tertiary/aromatic N) is 1. The van der Waals surface area contributed by atoms with Gasteiger partial charge in [0.15, 0.2) is 5.54 Å². The molecule has 0 aliphatic rings. The molecule has 1 unspecified atom stereocenters. The number of nitrogens with one attached hydrogen (secondary N) is 1. The molecule has 7 heteroatoms. The van der Waals surface area contributed by atoms with Crippen LogP contribution in [-0.2, 0) is 9.53 Å². The first-order chi connectivity index (χ1) is 7.89. The van der Waals surface area contributed by atoms with Crippen LogP contribution in [0.2, 0.25) is 0 Å². The maximum absolute atomic E-state index is 11.7. The number of aryl methyl sites for hydroxylation is 1. The molecule has 1 rings (SSSR count). The van der Waals surface area contributed by atoms with Crippen LogP contribution >= 0.6 is 0 Å². The van der Waals surface area contributed by atoms with Gasteiger partial charge in [0, 0.05) is 13.2 Å². The Balaban J connectivity index is 2.81. The lowest BCUT2D eigenvalue weighted by atomic mass is 10.0. The van der Waals surface area contributed by atoms with Crippen LogP contribution in [0.4, 0.5) is 0 Å². The van der Waals surface area contributed by atoms with E-state index in [1.807, 2.05) is 0 Å². The minimum Gasteiger partial charge on any atom is -0.479 e. The summed E-state index contributed by atoms with van der Waals surface area (Å²) in [5.74, 6) is -1.87. The van der Waals surface area contributed by atoms with Crippen molar-refractivity contribution < 1.29 is 24.0 Å². The van der Waals surface area contributed by atoms with E-state index >= 15 is 0 Å². The lowest BCUT2D eigenvalue weighted by Gasteiger charge is -2.24. The molecule has 0 aliphatic heterocycles. The van der Waals surface area contributed by atoms with Crippen molar-refractivity contribution in [1.29, 1.82) is 0 Å². The first-order valence-corrected chi connectivity index (χ1v) is 4.87. The van der Waals surface area contributed by atoms with E-state index in [0.717, 1.165) is 0 Å². The van der Waals surface area contributed by atoms with Gasteiger partial charge in [0.25, 0.3) is 5.91 Å². The molecule has 1 heterocycles. The Morgan fingerprint density at radius 1 is 1.65 bits per heavy atom. The monoisotopic (exact) mass is 242 g/mol. The first-order valence-electron chi connectivity index (χ1n) is 4.87. The molecule has 94 valence electrons. The van der Waals surface area contributed by atoms with Crippen LogP contribution in [0.25, 0.3) is 0 Å². The highest BCUT2D eigenvalue weighted by Gasteiger charge is 2.36. The zero-order valence-electron chi connectivity index (χ0n) is 9.81. The first kappa shape index (κ1) is 13.2. The summed E-state index contributed by atoms with van der Waals surface area (Å²) in [6.07, 6.45) is 0. The van der Waals surface area contributed by atoms with Gasteiger partial charge in [0.05, 0.1) is 12.3 Å². The van der Waals surface area contributed by atoms with E-state index in [9.17, 15) is 9.59 Å². The molecule has 1 aromatic rings. The van der Waals surface area contributed by atoms with Crippen LogP contribution in [0.3, 0.4) is 0 Å². The van der Waals surface area contributed by atoms with Gasteiger partial charge in [-0.1, -0.05) is 5.16 Å². The number of amides is 1. The van der Waals surface area contributed by atoms with Crippen molar-refractivity contribution in [2.75, 3.05) is 13.7 Å². The molecule has 0 aliphatic carbocycles. The summed E-state index contributed by atoms with van der Waals surface area (Å²) < 4.78 is 9.50. The second-order valence-corrected chi connectivity index (χ2v) is 3.86. The summed E-state index contributed by atoms with van der Waals surface area (Å²) in [6, 6.07) is 1.42. The molecule has 1 aromatic heterocycles. The number of hydrogen-bond acceptors (Lipinski definition) is 5.